The Kier molecular flexibility index (Phi) is 3.02. The predicted molar refractivity (Wildman–Crippen MR) is 57.5 cm³/mol. The number of aromatic nitrogens is 2. The molecule has 0 unspecified atom stereocenters. The van der Waals surface area contributed by atoms with Gasteiger partial charge in [0.05, 0.1) is 11.3 Å². The first kappa shape index (κ1) is 11.9. The summed E-state index contributed by atoms with van der Waals surface area (Å²) in [5, 5.41) is 0.138. The van der Waals surface area contributed by atoms with Crippen molar-refractivity contribution in [2.75, 3.05) is 0 Å². The van der Waals surface area contributed by atoms with Crippen molar-refractivity contribution in [3.8, 4) is 11.3 Å². The van der Waals surface area contributed by atoms with Gasteiger partial charge in [0, 0.05) is 18.0 Å². The molecule has 2 aromatic heterocycles. The zero-order valence-corrected chi connectivity index (χ0v) is 9.13. The van der Waals surface area contributed by atoms with Crippen LogP contribution in [-0.4, -0.2) is 9.97 Å². The molecule has 0 saturated carbocycles. The molecule has 2 rings (SSSR count). The van der Waals surface area contributed by atoms with Gasteiger partial charge in [-0.1, -0.05) is 17.7 Å². The molecule has 0 amide bonds. The maximum Gasteiger partial charge on any atom is 0.417 e. The molecule has 2 heterocycles. The number of rotatable bonds is 1. The SMILES string of the molecule is FC(F)(F)c1ccncc1-c1cccc(Cl)n1. The third-order valence-electron chi connectivity index (χ3n) is 2.12. The fourth-order valence-corrected chi connectivity index (χ4v) is 1.57. The second-order valence-corrected chi connectivity index (χ2v) is 3.65. The Morgan fingerprint density at radius 1 is 1.12 bits per heavy atom. The number of halogens is 4. The number of pyridine rings is 2. The minimum Gasteiger partial charge on any atom is -0.264 e. The van der Waals surface area contributed by atoms with Gasteiger partial charge in [-0.15, -0.1) is 0 Å². The molecular formula is C11H6ClF3N2. The van der Waals surface area contributed by atoms with Crippen molar-refractivity contribution in [1.29, 1.82) is 0 Å². The first-order chi connectivity index (χ1) is 7.98. The van der Waals surface area contributed by atoms with E-state index in [0.717, 1.165) is 18.5 Å². The van der Waals surface area contributed by atoms with Gasteiger partial charge in [0.1, 0.15) is 5.15 Å². The third-order valence-corrected chi connectivity index (χ3v) is 2.33. The van der Waals surface area contributed by atoms with Gasteiger partial charge in [-0.25, -0.2) is 4.98 Å². The molecule has 0 radical (unpaired) electrons. The van der Waals surface area contributed by atoms with Crippen LogP contribution >= 0.6 is 11.6 Å². The van der Waals surface area contributed by atoms with Crippen LogP contribution in [0.3, 0.4) is 0 Å². The molecule has 0 N–H and O–H groups in total. The van der Waals surface area contributed by atoms with E-state index in [0.29, 0.717) is 0 Å². The zero-order valence-electron chi connectivity index (χ0n) is 8.37. The van der Waals surface area contributed by atoms with E-state index in [2.05, 4.69) is 9.97 Å². The van der Waals surface area contributed by atoms with Crippen molar-refractivity contribution in [2.24, 2.45) is 0 Å². The maximum absolute atomic E-state index is 12.7. The van der Waals surface area contributed by atoms with Gasteiger partial charge < -0.3 is 0 Å². The van der Waals surface area contributed by atoms with Gasteiger partial charge in [0.15, 0.2) is 0 Å². The van der Waals surface area contributed by atoms with Crippen LogP contribution in [0.15, 0.2) is 36.7 Å². The number of nitrogens with zero attached hydrogens (tertiary/aromatic N) is 2. The Balaban J connectivity index is 2.60. The van der Waals surface area contributed by atoms with Crippen molar-refractivity contribution < 1.29 is 13.2 Å². The Morgan fingerprint density at radius 3 is 2.53 bits per heavy atom. The van der Waals surface area contributed by atoms with Gasteiger partial charge in [-0.05, 0) is 18.2 Å². The molecule has 0 aliphatic carbocycles. The molecule has 17 heavy (non-hydrogen) atoms. The lowest BCUT2D eigenvalue weighted by Crippen LogP contribution is -2.07. The molecule has 2 nitrogen and oxygen atoms in total. The fraction of sp³-hybridized carbons (Fsp3) is 0.0909. The molecule has 2 aromatic rings. The largest absolute Gasteiger partial charge is 0.417 e. The van der Waals surface area contributed by atoms with E-state index in [1.54, 1.807) is 0 Å². The normalized spacial score (nSPS) is 11.5. The molecule has 0 spiro atoms. The summed E-state index contributed by atoms with van der Waals surface area (Å²) in [6, 6.07) is 5.41. The van der Waals surface area contributed by atoms with E-state index in [9.17, 15) is 13.2 Å². The average molecular weight is 259 g/mol. The van der Waals surface area contributed by atoms with Crippen molar-refractivity contribution in [3.63, 3.8) is 0 Å². The molecule has 0 saturated heterocycles. The van der Waals surface area contributed by atoms with Crippen LogP contribution in [0, 0.1) is 0 Å². The highest BCUT2D eigenvalue weighted by atomic mass is 35.5. The van der Waals surface area contributed by atoms with Crippen LogP contribution in [-0.2, 0) is 6.18 Å². The maximum atomic E-state index is 12.7. The van der Waals surface area contributed by atoms with Gasteiger partial charge in [0.2, 0.25) is 0 Å². The smallest absolute Gasteiger partial charge is 0.264 e. The van der Waals surface area contributed by atoms with Crippen LogP contribution in [0.4, 0.5) is 13.2 Å². The first-order valence-electron chi connectivity index (χ1n) is 4.62. The van der Waals surface area contributed by atoms with Crippen LogP contribution in [0.1, 0.15) is 5.56 Å². The molecule has 0 atom stereocenters. The Bertz CT molecular complexity index is 540. The average Bonchev–Trinajstić information content (AvgIpc) is 2.28. The summed E-state index contributed by atoms with van der Waals surface area (Å²) in [6.45, 7) is 0. The Hall–Kier alpha value is -1.62. The van der Waals surface area contributed by atoms with E-state index in [1.165, 1.54) is 18.2 Å². The molecule has 88 valence electrons. The number of hydrogen-bond donors (Lipinski definition) is 0. The minimum atomic E-state index is -4.44. The topological polar surface area (TPSA) is 25.8 Å². The van der Waals surface area contributed by atoms with Crippen molar-refractivity contribution in [1.82, 2.24) is 9.97 Å². The summed E-state index contributed by atoms with van der Waals surface area (Å²) in [5.41, 5.74) is -0.706. The van der Waals surface area contributed by atoms with Crippen molar-refractivity contribution >= 4 is 11.6 Å². The molecular weight excluding hydrogens is 253 g/mol. The summed E-state index contributed by atoms with van der Waals surface area (Å²) in [6.07, 6.45) is -2.22. The second-order valence-electron chi connectivity index (χ2n) is 3.26. The number of alkyl halides is 3. The monoisotopic (exact) mass is 258 g/mol. The van der Waals surface area contributed by atoms with Crippen LogP contribution in [0.25, 0.3) is 11.3 Å². The first-order valence-corrected chi connectivity index (χ1v) is 5.00. The number of hydrogen-bond acceptors (Lipinski definition) is 2. The van der Waals surface area contributed by atoms with Gasteiger partial charge >= 0.3 is 6.18 Å². The molecule has 0 aliphatic rings. The molecule has 0 aliphatic heterocycles. The summed E-state index contributed by atoms with van der Waals surface area (Å²) in [4.78, 5) is 7.52. The Labute approximate surface area is 100 Å². The van der Waals surface area contributed by atoms with Crippen LogP contribution in [0.2, 0.25) is 5.15 Å². The highest BCUT2D eigenvalue weighted by Gasteiger charge is 2.33. The predicted octanol–water partition coefficient (Wildman–Crippen LogP) is 3.82. The summed E-state index contributed by atoms with van der Waals surface area (Å²) < 4.78 is 38.2. The lowest BCUT2D eigenvalue weighted by molar-refractivity contribution is -0.137. The van der Waals surface area contributed by atoms with E-state index in [-0.39, 0.29) is 16.4 Å². The van der Waals surface area contributed by atoms with Crippen LogP contribution < -0.4 is 0 Å². The minimum absolute atomic E-state index is 0.0810. The standard InChI is InChI=1S/C11H6ClF3N2/c12-10-3-1-2-9(17-10)7-6-16-5-4-8(7)11(13,14)15/h1-6H. The molecule has 6 heteroatoms. The van der Waals surface area contributed by atoms with Crippen molar-refractivity contribution in [3.05, 3.63) is 47.4 Å². The third kappa shape index (κ3) is 2.55. The lowest BCUT2D eigenvalue weighted by Gasteiger charge is -2.11. The summed E-state index contributed by atoms with van der Waals surface area (Å²) in [5.74, 6) is 0. The summed E-state index contributed by atoms with van der Waals surface area (Å²) >= 11 is 5.65. The highest BCUT2D eigenvalue weighted by Crippen LogP contribution is 2.35. The summed E-state index contributed by atoms with van der Waals surface area (Å²) in [7, 11) is 0. The second kappa shape index (κ2) is 4.33. The molecule has 0 aromatic carbocycles. The van der Waals surface area contributed by atoms with Crippen LogP contribution in [0.5, 0.6) is 0 Å². The van der Waals surface area contributed by atoms with E-state index >= 15 is 0 Å². The molecule has 0 fully saturated rings. The van der Waals surface area contributed by atoms with E-state index in [1.807, 2.05) is 0 Å². The van der Waals surface area contributed by atoms with E-state index in [4.69, 9.17) is 11.6 Å². The highest BCUT2D eigenvalue weighted by molar-refractivity contribution is 6.29. The quantitative estimate of drug-likeness (QED) is 0.727. The molecule has 0 bridgehead atoms. The van der Waals surface area contributed by atoms with E-state index < -0.39 is 11.7 Å². The van der Waals surface area contributed by atoms with Gasteiger partial charge in [0.25, 0.3) is 0 Å². The van der Waals surface area contributed by atoms with Crippen molar-refractivity contribution in [2.45, 2.75) is 6.18 Å². The van der Waals surface area contributed by atoms with Gasteiger partial charge in [-0.2, -0.15) is 13.2 Å². The fourth-order valence-electron chi connectivity index (χ4n) is 1.40. The van der Waals surface area contributed by atoms with Gasteiger partial charge in [-0.3, -0.25) is 4.98 Å². The lowest BCUT2D eigenvalue weighted by atomic mass is 10.1. The zero-order chi connectivity index (χ0) is 12.5. The Morgan fingerprint density at radius 2 is 1.88 bits per heavy atom.